The lowest BCUT2D eigenvalue weighted by atomic mass is 10.1. The molecule has 0 saturated heterocycles. The third kappa shape index (κ3) is 3.00. The molecule has 0 aliphatic carbocycles. The Labute approximate surface area is 91.7 Å². The summed E-state index contributed by atoms with van der Waals surface area (Å²) >= 11 is 5.97. The highest BCUT2D eigenvalue weighted by Crippen LogP contribution is 2.17. The van der Waals surface area contributed by atoms with Crippen LogP contribution in [0.5, 0.6) is 0 Å². The molecule has 0 atom stereocenters. The predicted octanol–water partition coefficient (Wildman–Crippen LogP) is 3.49. The summed E-state index contributed by atoms with van der Waals surface area (Å²) in [6, 6.07) is 6.25. The summed E-state index contributed by atoms with van der Waals surface area (Å²) in [5.41, 5.74) is 2.51. The lowest BCUT2D eigenvalue weighted by Crippen LogP contribution is -2.22. The van der Waals surface area contributed by atoms with Crippen LogP contribution in [0, 0.1) is 6.92 Å². The van der Waals surface area contributed by atoms with Crippen LogP contribution in [0.4, 0.5) is 0 Å². The molecular weight excluding hydrogens is 194 g/mol. The molecule has 0 amide bonds. The fourth-order valence-electron chi connectivity index (χ4n) is 1.51. The molecule has 0 aliphatic rings. The van der Waals surface area contributed by atoms with Gasteiger partial charge in [0.2, 0.25) is 0 Å². The van der Waals surface area contributed by atoms with E-state index >= 15 is 0 Å². The fourth-order valence-corrected chi connectivity index (χ4v) is 1.63. The van der Waals surface area contributed by atoms with E-state index in [0.717, 1.165) is 30.2 Å². The Balaban J connectivity index is 2.72. The maximum atomic E-state index is 5.97. The Morgan fingerprint density at radius 2 is 1.86 bits per heavy atom. The van der Waals surface area contributed by atoms with Crippen LogP contribution < -0.4 is 0 Å². The van der Waals surface area contributed by atoms with Crippen LogP contribution in [0.2, 0.25) is 5.02 Å². The van der Waals surface area contributed by atoms with Crippen molar-refractivity contribution in [2.24, 2.45) is 0 Å². The van der Waals surface area contributed by atoms with Gasteiger partial charge >= 0.3 is 0 Å². The molecule has 1 rings (SSSR count). The number of hydrogen-bond donors (Lipinski definition) is 0. The lowest BCUT2D eigenvalue weighted by molar-refractivity contribution is 0.296. The third-order valence-corrected chi connectivity index (χ3v) is 2.95. The number of benzene rings is 1. The summed E-state index contributed by atoms with van der Waals surface area (Å²) in [6.07, 6.45) is 0. The van der Waals surface area contributed by atoms with Crippen molar-refractivity contribution in [1.82, 2.24) is 4.90 Å². The van der Waals surface area contributed by atoms with Gasteiger partial charge in [0.1, 0.15) is 0 Å². The minimum absolute atomic E-state index is 0.855. The second-order valence-electron chi connectivity index (χ2n) is 3.54. The van der Waals surface area contributed by atoms with E-state index in [1.54, 1.807) is 0 Å². The summed E-state index contributed by atoms with van der Waals surface area (Å²) in [6.45, 7) is 9.63. The van der Waals surface area contributed by atoms with Gasteiger partial charge in [-0.25, -0.2) is 0 Å². The van der Waals surface area contributed by atoms with Gasteiger partial charge in [-0.2, -0.15) is 0 Å². The van der Waals surface area contributed by atoms with Crippen LogP contribution in [0.1, 0.15) is 25.0 Å². The first-order valence-electron chi connectivity index (χ1n) is 5.14. The Bertz CT molecular complexity index is 292. The van der Waals surface area contributed by atoms with Gasteiger partial charge < -0.3 is 0 Å². The quantitative estimate of drug-likeness (QED) is 0.737. The topological polar surface area (TPSA) is 3.24 Å². The van der Waals surface area contributed by atoms with Gasteiger partial charge in [-0.15, -0.1) is 0 Å². The van der Waals surface area contributed by atoms with E-state index < -0.39 is 0 Å². The number of aryl methyl sites for hydroxylation is 1. The number of rotatable bonds is 4. The maximum absolute atomic E-state index is 5.97. The molecule has 1 aromatic rings. The van der Waals surface area contributed by atoms with Crippen LogP contribution in [-0.4, -0.2) is 18.0 Å². The van der Waals surface area contributed by atoms with Crippen molar-refractivity contribution in [1.29, 1.82) is 0 Å². The normalized spacial score (nSPS) is 10.9. The maximum Gasteiger partial charge on any atom is 0.0435 e. The van der Waals surface area contributed by atoms with Gasteiger partial charge in [-0.05, 0) is 37.2 Å². The minimum atomic E-state index is 0.855. The molecule has 0 fully saturated rings. The van der Waals surface area contributed by atoms with E-state index in [1.165, 1.54) is 5.56 Å². The first kappa shape index (κ1) is 11.5. The van der Waals surface area contributed by atoms with Crippen LogP contribution in [0.3, 0.4) is 0 Å². The molecule has 78 valence electrons. The smallest absolute Gasteiger partial charge is 0.0435 e. The minimum Gasteiger partial charge on any atom is -0.300 e. The van der Waals surface area contributed by atoms with Gasteiger partial charge in [0.05, 0.1) is 0 Å². The number of hydrogen-bond acceptors (Lipinski definition) is 1. The van der Waals surface area contributed by atoms with Crippen LogP contribution in [0.15, 0.2) is 18.2 Å². The number of nitrogens with zero attached hydrogens (tertiary/aromatic N) is 1. The van der Waals surface area contributed by atoms with E-state index in [-0.39, 0.29) is 0 Å². The van der Waals surface area contributed by atoms with Crippen LogP contribution in [-0.2, 0) is 6.54 Å². The molecule has 0 unspecified atom stereocenters. The Morgan fingerprint density at radius 3 is 2.36 bits per heavy atom. The first-order valence-corrected chi connectivity index (χ1v) is 5.52. The number of halogens is 1. The van der Waals surface area contributed by atoms with E-state index in [2.05, 4.69) is 30.9 Å². The standard InChI is InChI=1S/C12H18ClN/c1-4-14(5-2)9-11-6-7-12(13)10(3)8-11/h6-8H,4-5,9H2,1-3H3. The summed E-state index contributed by atoms with van der Waals surface area (Å²) in [5.74, 6) is 0. The molecule has 0 aromatic heterocycles. The molecule has 14 heavy (non-hydrogen) atoms. The predicted molar refractivity (Wildman–Crippen MR) is 62.8 cm³/mol. The molecule has 0 saturated carbocycles. The second kappa shape index (κ2) is 5.38. The monoisotopic (exact) mass is 211 g/mol. The average molecular weight is 212 g/mol. The Hall–Kier alpha value is -0.530. The molecule has 0 aliphatic heterocycles. The zero-order valence-electron chi connectivity index (χ0n) is 9.18. The van der Waals surface area contributed by atoms with Gasteiger partial charge in [-0.1, -0.05) is 37.6 Å². The Morgan fingerprint density at radius 1 is 1.21 bits per heavy atom. The summed E-state index contributed by atoms with van der Waals surface area (Å²) < 4.78 is 0. The summed E-state index contributed by atoms with van der Waals surface area (Å²) in [4.78, 5) is 2.39. The zero-order valence-corrected chi connectivity index (χ0v) is 9.93. The van der Waals surface area contributed by atoms with Crippen molar-refractivity contribution >= 4 is 11.6 Å². The van der Waals surface area contributed by atoms with Gasteiger partial charge in [-0.3, -0.25) is 4.90 Å². The van der Waals surface area contributed by atoms with Crippen molar-refractivity contribution in [2.45, 2.75) is 27.3 Å². The average Bonchev–Trinajstić information content (AvgIpc) is 2.19. The highest BCUT2D eigenvalue weighted by Gasteiger charge is 2.02. The van der Waals surface area contributed by atoms with Crippen molar-refractivity contribution < 1.29 is 0 Å². The molecule has 0 N–H and O–H groups in total. The van der Waals surface area contributed by atoms with E-state index in [0.29, 0.717) is 0 Å². The van der Waals surface area contributed by atoms with Gasteiger partial charge in [0.25, 0.3) is 0 Å². The molecular formula is C12H18ClN. The molecule has 2 heteroatoms. The highest BCUT2D eigenvalue weighted by molar-refractivity contribution is 6.31. The zero-order chi connectivity index (χ0) is 10.6. The third-order valence-electron chi connectivity index (χ3n) is 2.52. The molecule has 1 aromatic carbocycles. The van der Waals surface area contributed by atoms with Crippen molar-refractivity contribution in [3.63, 3.8) is 0 Å². The van der Waals surface area contributed by atoms with Crippen LogP contribution in [0.25, 0.3) is 0 Å². The SMILES string of the molecule is CCN(CC)Cc1ccc(Cl)c(C)c1. The molecule has 0 radical (unpaired) electrons. The van der Waals surface area contributed by atoms with E-state index in [9.17, 15) is 0 Å². The van der Waals surface area contributed by atoms with Gasteiger partial charge in [0, 0.05) is 11.6 Å². The lowest BCUT2D eigenvalue weighted by Gasteiger charge is -2.18. The second-order valence-corrected chi connectivity index (χ2v) is 3.95. The molecule has 0 bridgehead atoms. The molecule has 0 heterocycles. The van der Waals surface area contributed by atoms with Gasteiger partial charge in [0.15, 0.2) is 0 Å². The van der Waals surface area contributed by atoms with E-state index in [4.69, 9.17) is 11.6 Å². The van der Waals surface area contributed by atoms with E-state index in [1.807, 2.05) is 13.0 Å². The highest BCUT2D eigenvalue weighted by atomic mass is 35.5. The summed E-state index contributed by atoms with van der Waals surface area (Å²) in [7, 11) is 0. The molecule has 1 nitrogen and oxygen atoms in total. The largest absolute Gasteiger partial charge is 0.300 e. The van der Waals surface area contributed by atoms with Crippen molar-refractivity contribution in [3.05, 3.63) is 34.3 Å². The van der Waals surface area contributed by atoms with Crippen molar-refractivity contribution in [2.75, 3.05) is 13.1 Å². The van der Waals surface area contributed by atoms with Crippen LogP contribution >= 0.6 is 11.6 Å². The fraction of sp³-hybridized carbons (Fsp3) is 0.500. The molecule has 0 spiro atoms. The van der Waals surface area contributed by atoms with Crippen molar-refractivity contribution in [3.8, 4) is 0 Å². The Kier molecular flexibility index (Phi) is 4.43. The summed E-state index contributed by atoms with van der Waals surface area (Å²) in [5, 5.41) is 0.855. The first-order chi connectivity index (χ1) is 6.67.